The minimum absolute atomic E-state index is 0.239. The largest absolute Gasteiger partial charge is 0.377 e. The Balaban J connectivity index is 3.76. The molecular formula is C10H23N3O. The maximum Gasteiger partial charge on any atom is 0.188 e. The highest BCUT2D eigenvalue weighted by Gasteiger charge is 2.14. The van der Waals surface area contributed by atoms with Crippen molar-refractivity contribution < 1.29 is 4.74 Å². The van der Waals surface area contributed by atoms with Gasteiger partial charge in [0.15, 0.2) is 5.96 Å². The third-order valence-corrected chi connectivity index (χ3v) is 2.02. The van der Waals surface area contributed by atoms with E-state index in [9.17, 15) is 0 Å². The zero-order valence-electron chi connectivity index (χ0n) is 9.76. The van der Waals surface area contributed by atoms with Crippen LogP contribution in [0.15, 0.2) is 4.99 Å². The van der Waals surface area contributed by atoms with Crippen molar-refractivity contribution in [1.82, 2.24) is 5.32 Å². The molecule has 4 nitrogen and oxygen atoms in total. The van der Waals surface area contributed by atoms with Gasteiger partial charge in [-0.15, -0.1) is 0 Å². The molecule has 0 saturated carbocycles. The Kier molecular flexibility index (Phi) is 6.28. The number of hydrogen-bond acceptors (Lipinski definition) is 2. The Bertz CT molecular complexity index is 178. The first-order chi connectivity index (χ1) is 6.52. The van der Waals surface area contributed by atoms with E-state index in [1.165, 1.54) is 0 Å². The van der Waals surface area contributed by atoms with Gasteiger partial charge < -0.3 is 15.8 Å². The molecule has 4 heteroatoms. The van der Waals surface area contributed by atoms with E-state index in [0.717, 1.165) is 19.4 Å². The molecule has 0 amide bonds. The summed E-state index contributed by atoms with van der Waals surface area (Å²) in [5.74, 6) is 0.503. The zero-order chi connectivity index (χ0) is 11.0. The number of ether oxygens (including phenoxy) is 1. The quantitative estimate of drug-likeness (QED) is 0.384. The van der Waals surface area contributed by atoms with Crippen LogP contribution in [0.25, 0.3) is 0 Å². The van der Waals surface area contributed by atoms with Crippen molar-refractivity contribution in [1.29, 1.82) is 0 Å². The van der Waals surface area contributed by atoms with Gasteiger partial charge in [0.2, 0.25) is 0 Å². The highest BCUT2D eigenvalue weighted by Crippen LogP contribution is 2.06. The average Bonchev–Trinajstić information content (AvgIpc) is 2.16. The van der Waals surface area contributed by atoms with Crippen LogP contribution in [-0.4, -0.2) is 31.8 Å². The van der Waals surface area contributed by atoms with Crippen molar-refractivity contribution in [2.24, 2.45) is 10.7 Å². The zero-order valence-corrected chi connectivity index (χ0v) is 9.76. The van der Waals surface area contributed by atoms with Crippen LogP contribution in [0.5, 0.6) is 0 Å². The first-order valence-electron chi connectivity index (χ1n) is 5.11. The fourth-order valence-corrected chi connectivity index (χ4v) is 0.789. The minimum Gasteiger partial charge on any atom is -0.377 e. The lowest BCUT2D eigenvalue weighted by molar-refractivity contribution is 0.0311. The second-order valence-electron chi connectivity index (χ2n) is 3.95. The van der Waals surface area contributed by atoms with E-state index >= 15 is 0 Å². The summed E-state index contributed by atoms with van der Waals surface area (Å²) in [6.07, 6.45) is 2.27. The molecule has 3 N–H and O–H groups in total. The number of guanidine groups is 1. The van der Waals surface area contributed by atoms with Crippen molar-refractivity contribution in [3.63, 3.8) is 0 Å². The van der Waals surface area contributed by atoms with Crippen LogP contribution in [0.3, 0.4) is 0 Å². The molecule has 84 valence electrons. The molecule has 0 atom stereocenters. The standard InChI is InChI=1S/C10H23N3O/c1-5-6-7-12-9(11)13-8-10(2,3)14-4/h5-8H2,1-4H3,(H3,11,12,13). The fourth-order valence-electron chi connectivity index (χ4n) is 0.789. The van der Waals surface area contributed by atoms with E-state index in [-0.39, 0.29) is 5.60 Å². The van der Waals surface area contributed by atoms with Gasteiger partial charge in [0, 0.05) is 13.7 Å². The van der Waals surface area contributed by atoms with Crippen LogP contribution in [0.1, 0.15) is 33.6 Å². The van der Waals surface area contributed by atoms with Gasteiger partial charge in [-0.25, -0.2) is 0 Å². The highest BCUT2D eigenvalue weighted by atomic mass is 16.5. The second kappa shape index (κ2) is 6.65. The lowest BCUT2D eigenvalue weighted by Crippen LogP contribution is -2.35. The van der Waals surface area contributed by atoms with Gasteiger partial charge in [-0.05, 0) is 20.3 Å². The van der Waals surface area contributed by atoms with Crippen molar-refractivity contribution in [3.05, 3.63) is 0 Å². The maximum absolute atomic E-state index is 5.66. The van der Waals surface area contributed by atoms with E-state index in [1.807, 2.05) is 13.8 Å². The van der Waals surface area contributed by atoms with Gasteiger partial charge in [0.05, 0.1) is 12.1 Å². The maximum atomic E-state index is 5.66. The summed E-state index contributed by atoms with van der Waals surface area (Å²) in [4.78, 5) is 4.20. The van der Waals surface area contributed by atoms with Gasteiger partial charge in [-0.2, -0.15) is 0 Å². The first kappa shape index (κ1) is 13.2. The molecule has 0 fully saturated rings. The number of nitrogens with one attached hydrogen (secondary N) is 1. The molecule has 0 radical (unpaired) electrons. The number of nitrogens with zero attached hydrogens (tertiary/aromatic N) is 1. The summed E-state index contributed by atoms with van der Waals surface area (Å²) in [5, 5.41) is 3.05. The van der Waals surface area contributed by atoms with Crippen LogP contribution in [0.2, 0.25) is 0 Å². The van der Waals surface area contributed by atoms with Crippen LogP contribution in [-0.2, 0) is 4.74 Å². The van der Waals surface area contributed by atoms with Crippen LogP contribution in [0, 0.1) is 0 Å². The molecular weight excluding hydrogens is 178 g/mol. The molecule has 0 bridgehead atoms. The summed E-state index contributed by atoms with van der Waals surface area (Å²) in [6.45, 7) is 7.57. The third-order valence-electron chi connectivity index (χ3n) is 2.02. The van der Waals surface area contributed by atoms with Crippen LogP contribution >= 0.6 is 0 Å². The molecule has 14 heavy (non-hydrogen) atoms. The molecule has 0 saturated heterocycles. The summed E-state index contributed by atoms with van der Waals surface area (Å²) in [5.41, 5.74) is 5.42. The Morgan fingerprint density at radius 2 is 2.14 bits per heavy atom. The van der Waals surface area contributed by atoms with Crippen molar-refractivity contribution in [2.45, 2.75) is 39.2 Å². The van der Waals surface area contributed by atoms with Gasteiger partial charge in [-0.1, -0.05) is 13.3 Å². The Morgan fingerprint density at radius 3 is 2.64 bits per heavy atom. The SMILES string of the molecule is CCCCNC(N)=NCC(C)(C)OC. The molecule has 0 aliphatic rings. The predicted octanol–water partition coefficient (Wildman–Crippen LogP) is 1.12. The molecule has 0 aromatic heterocycles. The number of rotatable bonds is 6. The van der Waals surface area contributed by atoms with Gasteiger partial charge in [0.1, 0.15) is 0 Å². The van der Waals surface area contributed by atoms with Gasteiger partial charge in [0.25, 0.3) is 0 Å². The molecule has 0 aliphatic carbocycles. The third kappa shape index (κ3) is 6.71. The smallest absolute Gasteiger partial charge is 0.188 e. The topological polar surface area (TPSA) is 59.6 Å². The molecule has 0 heterocycles. The summed E-state index contributed by atoms with van der Waals surface area (Å²) >= 11 is 0. The number of unbranched alkanes of at least 4 members (excludes halogenated alkanes) is 1. The van der Waals surface area contributed by atoms with E-state index in [4.69, 9.17) is 10.5 Å². The van der Waals surface area contributed by atoms with E-state index < -0.39 is 0 Å². The lowest BCUT2D eigenvalue weighted by Gasteiger charge is -2.20. The van der Waals surface area contributed by atoms with Crippen molar-refractivity contribution in [3.8, 4) is 0 Å². The first-order valence-corrected chi connectivity index (χ1v) is 5.11. The molecule has 0 rings (SSSR count). The fraction of sp³-hybridized carbons (Fsp3) is 0.900. The highest BCUT2D eigenvalue weighted by molar-refractivity contribution is 5.77. The van der Waals surface area contributed by atoms with E-state index in [1.54, 1.807) is 7.11 Å². The van der Waals surface area contributed by atoms with Crippen molar-refractivity contribution in [2.75, 3.05) is 20.2 Å². The summed E-state index contributed by atoms with van der Waals surface area (Å²) in [7, 11) is 1.68. The average molecular weight is 201 g/mol. The normalized spacial score (nSPS) is 13.0. The molecule has 0 aromatic rings. The van der Waals surface area contributed by atoms with Crippen LogP contribution < -0.4 is 11.1 Å². The monoisotopic (exact) mass is 201 g/mol. The Hall–Kier alpha value is -0.770. The van der Waals surface area contributed by atoms with Gasteiger partial charge >= 0.3 is 0 Å². The number of aliphatic imine (C=N–C) groups is 1. The Morgan fingerprint density at radius 1 is 1.50 bits per heavy atom. The molecule has 0 unspecified atom stereocenters. The number of hydrogen-bond donors (Lipinski definition) is 2. The molecule has 0 aliphatic heterocycles. The Labute approximate surface area is 86.9 Å². The predicted molar refractivity (Wildman–Crippen MR) is 60.5 cm³/mol. The number of nitrogens with two attached hydrogens (primary N) is 1. The number of methoxy groups -OCH3 is 1. The summed E-state index contributed by atoms with van der Waals surface area (Å²) in [6, 6.07) is 0. The summed E-state index contributed by atoms with van der Waals surface area (Å²) < 4.78 is 5.22. The second-order valence-corrected chi connectivity index (χ2v) is 3.95. The molecule has 0 aromatic carbocycles. The van der Waals surface area contributed by atoms with E-state index in [2.05, 4.69) is 17.2 Å². The van der Waals surface area contributed by atoms with Gasteiger partial charge in [-0.3, -0.25) is 4.99 Å². The van der Waals surface area contributed by atoms with E-state index in [0.29, 0.717) is 12.5 Å². The lowest BCUT2D eigenvalue weighted by atomic mass is 10.1. The molecule has 0 spiro atoms. The van der Waals surface area contributed by atoms with Crippen molar-refractivity contribution >= 4 is 5.96 Å². The minimum atomic E-state index is -0.239. The van der Waals surface area contributed by atoms with Crippen LogP contribution in [0.4, 0.5) is 0 Å².